The van der Waals surface area contributed by atoms with Crippen LogP contribution in [0.1, 0.15) is 16.8 Å². The molecule has 0 aliphatic heterocycles. The van der Waals surface area contributed by atoms with Crippen molar-refractivity contribution in [2.75, 3.05) is 0 Å². The van der Waals surface area contributed by atoms with E-state index >= 15 is 0 Å². The second kappa shape index (κ2) is 7.46. The predicted molar refractivity (Wildman–Crippen MR) is 59.3 cm³/mol. The summed E-state index contributed by atoms with van der Waals surface area (Å²) in [6.07, 6.45) is 1.14. The summed E-state index contributed by atoms with van der Waals surface area (Å²) in [5.74, 6) is 0. The van der Waals surface area contributed by atoms with Crippen LogP contribution in [0.3, 0.4) is 0 Å². The summed E-state index contributed by atoms with van der Waals surface area (Å²) in [4.78, 5) is 0. The van der Waals surface area contributed by atoms with Crippen LogP contribution in [-0.4, -0.2) is 36.2 Å². The second-order valence-corrected chi connectivity index (χ2v) is 1.84. The quantitative estimate of drug-likeness (QED) is 0.527. The Morgan fingerprint density at radius 2 is 1.70 bits per heavy atom. The first-order chi connectivity index (χ1) is 3.93. The molecule has 0 saturated carbocycles. The zero-order chi connectivity index (χ0) is 5.82. The molecule has 0 bridgehead atoms. The Bertz CT molecular complexity index is 161. The van der Waals surface area contributed by atoms with E-state index in [1.54, 1.807) is 0 Å². The summed E-state index contributed by atoms with van der Waals surface area (Å²) in [6.45, 7) is 2.16. The molecule has 1 aromatic rings. The minimum absolute atomic E-state index is 0. The van der Waals surface area contributed by atoms with Crippen LogP contribution >= 0.6 is 0 Å². The fraction of sp³-hybridized carbons (Fsp3) is 0.250. The summed E-state index contributed by atoms with van der Waals surface area (Å²) >= 11 is 0. The van der Waals surface area contributed by atoms with E-state index in [4.69, 9.17) is 0 Å². The van der Waals surface area contributed by atoms with Crippen molar-refractivity contribution in [3.05, 3.63) is 35.9 Å². The molecule has 1 aromatic carbocycles. The Balaban J connectivity index is -0.0000000427. The van der Waals surface area contributed by atoms with Gasteiger partial charge in [0.1, 0.15) is 0 Å². The van der Waals surface area contributed by atoms with Gasteiger partial charge >= 0.3 is 18.9 Å². The van der Waals surface area contributed by atoms with Gasteiger partial charge in [0.25, 0.3) is 0 Å². The van der Waals surface area contributed by atoms with E-state index in [9.17, 15) is 0 Å². The van der Waals surface area contributed by atoms with Crippen molar-refractivity contribution in [3.8, 4) is 0 Å². The van der Waals surface area contributed by atoms with Gasteiger partial charge in [-0.25, -0.2) is 0 Å². The van der Waals surface area contributed by atoms with Gasteiger partial charge < -0.3 is 0 Å². The topological polar surface area (TPSA) is 0 Å². The maximum atomic E-state index is 2.16. The number of hydrogen-bond donors (Lipinski definition) is 0. The van der Waals surface area contributed by atoms with Crippen LogP contribution in [0.4, 0.5) is 0 Å². The normalized spacial score (nSPS) is 7.30. The van der Waals surface area contributed by atoms with Crippen LogP contribution in [0.25, 0.3) is 0 Å². The molecule has 1 rings (SSSR count). The SMILES string of the molecule is CCc1ccccc1.[AlH3].[HH].[HH].[HH].[LiH]. The summed E-state index contributed by atoms with van der Waals surface area (Å²) in [5.41, 5.74) is 1.41. The molecule has 0 radical (unpaired) electrons. The third-order valence-corrected chi connectivity index (χ3v) is 1.25. The summed E-state index contributed by atoms with van der Waals surface area (Å²) in [5, 5.41) is 0. The van der Waals surface area contributed by atoms with Crippen molar-refractivity contribution in [3.63, 3.8) is 0 Å². The average Bonchev–Trinajstić information content (AvgIpc) is 1.90. The Hall–Kier alpha value is 0.350. The second-order valence-electron chi connectivity index (χ2n) is 1.84. The van der Waals surface area contributed by atoms with Gasteiger partial charge in [-0.2, -0.15) is 0 Å². The van der Waals surface area contributed by atoms with Crippen LogP contribution in [-0.2, 0) is 6.42 Å². The van der Waals surface area contributed by atoms with E-state index in [0.717, 1.165) is 6.42 Å². The van der Waals surface area contributed by atoms with Crippen LogP contribution in [0, 0.1) is 0 Å². The van der Waals surface area contributed by atoms with Gasteiger partial charge in [0.2, 0.25) is 0 Å². The molecule has 10 heavy (non-hydrogen) atoms. The Labute approximate surface area is 89.8 Å². The molecule has 0 aliphatic carbocycles. The molecular formula is C8H20AlLi. The van der Waals surface area contributed by atoms with Gasteiger partial charge in [-0.15, -0.1) is 0 Å². The first kappa shape index (κ1) is 13.0. The molecule has 0 aromatic heterocycles. The van der Waals surface area contributed by atoms with Crippen LogP contribution in [0.5, 0.6) is 0 Å². The zero-order valence-electron chi connectivity index (χ0n) is 5.09. The van der Waals surface area contributed by atoms with Crippen LogP contribution < -0.4 is 0 Å². The Kier molecular flexibility index (Phi) is 9.68. The maximum absolute atomic E-state index is 2.16. The molecule has 0 fully saturated rings. The zero-order valence-corrected chi connectivity index (χ0v) is 5.09. The van der Waals surface area contributed by atoms with Crippen LogP contribution in [0.15, 0.2) is 30.3 Å². The first-order valence-corrected chi connectivity index (χ1v) is 2.97. The van der Waals surface area contributed by atoms with Gasteiger partial charge in [-0.05, 0) is 12.0 Å². The number of benzene rings is 1. The number of hydrogen-bond acceptors (Lipinski definition) is 0. The standard InChI is InChI=1S/C8H10.Al.Li.3H2.4H/c1-2-8-6-4-3-5-7-8;;;;;;;;;/h3-7H,2H2,1H3;;;3*1H;;;;. The fourth-order valence-corrected chi connectivity index (χ4v) is 0.714. The van der Waals surface area contributed by atoms with Gasteiger partial charge in [0.05, 0.1) is 0 Å². The summed E-state index contributed by atoms with van der Waals surface area (Å²) < 4.78 is 0. The van der Waals surface area contributed by atoms with Gasteiger partial charge in [0.15, 0.2) is 17.4 Å². The minimum atomic E-state index is 0. The monoisotopic (exact) mass is 150 g/mol. The van der Waals surface area contributed by atoms with Gasteiger partial charge in [0, 0.05) is 4.28 Å². The van der Waals surface area contributed by atoms with Crippen molar-refractivity contribution in [1.82, 2.24) is 0 Å². The van der Waals surface area contributed by atoms with E-state index < -0.39 is 0 Å². The molecule has 0 atom stereocenters. The predicted octanol–water partition coefficient (Wildman–Crippen LogP) is 1.15. The van der Waals surface area contributed by atoms with Crippen molar-refractivity contribution in [2.24, 2.45) is 0 Å². The van der Waals surface area contributed by atoms with Gasteiger partial charge in [-0.3, -0.25) is 0 Å². The molecular weight excluding hydrogens is 130 g/mol. The van der Waals surface area contributed by atoms with E-state index in [1.807, 2.05) is 6.07 Å². The van der Waals surface area contributed by atoms with E-state index in [1.165, 1.54) is 5.56 Å². The van der Waals surface area contributed by atoms with E-state index in [2.05, 4.69) is 31.2 Å². The Morgan fingerprint density at radius 3 is 2.00 bits per heavy atom. The van der Waals surface area contributed by atoms with Crippen LogP contribution in [0.2, 0.25) is 0 Å². The molecule has 0 heterocycles. The third-order valence-electron chi connectivity index (χ3n) is 1.25. The fourth-order valence-electron chi connectivity index (χ4n) is 0.714. The summed E-state index contributed by atoms with van der Waals surface area (Å²) in [7, 11) is 0. The molecule has 2 heteroatoms. The molecule has 0 saturated heterocycles. The first-order valence-electron chi connectivity index (χ1n) is 2.97. The number of rotatable bonds is 1. The molecule has 0 aliphatic rings. The van der Waals surface area contributed by atoms with E-state index in [-0.39, 0.29) is 40.5 Å². The molecule has 0 amide bonds. The summed E-state index contributed by atoms with van der Waals surface area (Å²) in [6, 6.07) is 10.5. The Morgan fingerprint density at radius 1 is 1.20 bits per heavy atom. The van der Waals surface area contributed by atoms with Crippen molar-refractivity contribution in [2.45, 2.75) is 13.3 Å². The van der Waals surface area contributed by atoms with Crippen molar-refractivity contribution < 1.29 is 4.28 Å². The molecule has 0 unspecified atom stereocenters. The average molecular weight is 150 g/mol. The van der Waals surface area contributed by atoms with Crippen molar-refractivity contribution in [1.29, 1.82) is 0 Å². The molecule has 0 spiro atoms. The molecule has 0 nitrogen and oxygen atoms in total. The third kappa shape index (κ3) is 4.21. The van der Waals surface area contributed by atoms with Gasteiger partial charge in [-0.1, -0.05) is 37.3 Å². The molecule has 0 N–H and O–H groups in total. The number of aryl methyl sites for hydroxylation is 1. The van der Waals surface area contributed by atoms with Crippen molar-refractivity contribution >= 4 is 36.2 Å². The van der Waals surface area contributed by atoms with E-state index in [0.29, 0.717) is 0 Å². The molecule has 56 valence electrons.